The van der Waals surface area contributed by atoms with Crippen LogP contribution in [0.1, 0.15) is 83.7 Å². The first kappa shape index (κ1) is 36.3. The standard InChI is InChI=1S/C37H53N3O7/c1-6-9-14-21-39(20-8-3)36(45)33-37-19-18-29(47-37)31(32(37)35(44)40(33)27(23-41)22-25(4)5)34(43)38-28(26-15-12-11-13-16-26)24-46-30(42)17-10-7-2/h7-8,11-13,15-16,25,27-29,31-33,41H,2-3,6,9-10,14,17-24H2,1,4-5H3,(H,38,43)/t27-,28-,29-,31+,32+,33-,37+/m1/s1. The minimum Gasteiger partial charge on any atom is -0.463 e. The van der Waals surface area contributed by atoms with E-state index in [0.717, 1.165) is 24.8 Å². The number of esters is 1. The van der Waals surface area contributed by atoms with Crippen LogP contribution in [0, 0.1) is 17.8 Å². The van der Waals surface area contributed by atoms with Gasteiger partial charge in [0.15, 0.2) is 0 Å². The van der Waals surface area contributed by atoms with E-state index in [2.05, 4.69) is 25.4 Å². The number of hydrogen-bond donors (Lipinski definition) is 2. The monoisotopic (exact) mass is 651 g/mol. The van der Waals surface area contributed by atoms with Gasteiger partial charge in [0.05, 0.1) is 36.6 Å². The van der Waals surface area contributed by atoms with Crippen molar-refractivity contribution in [3.05, 3.63) is 61.2 Å². The van der Waals surface area contributed by atoms with Crippen LogP contribution >= 0.6 is 0 Å². The average molecular weight is 652 g/mol. The maximum Gasteiger partial charge on any atom is 0.306 e. The number of carbonyl (C=O) groups excluding carboxylic acids is 4. The largest absolute Gasteiger partial charge is 0.463 e. The van der Waals surface area contributed by atoms with Gasteiger partial charge in [-0.2, -0.15) is 0 Å². The molecule has 10 nitrogen and oxygen atoms in total. The van der Waals surface area contributed by atoms with Crippen molar-refractivity contribution in [3.63, 3.8) is 0 Å². The van der Waals surface area contributed by atoms with Crippen LogP contribution in [-0.2, 0) is 28.7 Å². The van der Waals surface area contributed by atoms with Crippen molar-refractivity contribution in [2.24, 2.45) is 17.8 Å². The highest BCUT2D eigenvalue weighted by molar-refractivity contribution is 5.99. The second-order valence-electron chi connectivity index (χ2n) is 13.5. The summed E-state index contributed by atoms with van der Waals surface area (Å²) in [4.78, 5) is 59.0. The number of ether oxygens (including phenoxy) is 2. The summed E-state index contributed by atoms with van der Waals surface area (Å²) in [6, 6.07) is 7.04. The number of allylic oxidation sites excluding steroid dienone is 1. The highest BCUT2D eigenvalue weighted by Crippen LogP contribution is 2.59. The number of amides is 3. The molecule has 3 heterocycles. The molecule has 3 aliphatic rings. The molecule has 0 aliphatic carbocycles. The van der Waals surface area contributed by atoms with Crippen LogP contribution in [-0.4, -0.2) is 88.7 Å². The second kappa shape index (κ2) is 16.6. The third kappa shape index (κ3) is 7.81. The quantitative estimate of drug-likeness (QED) is 0.130. The molecular formula is C37H53N3O7. The third-order valence-corrected chi connectivity index (χ3v) is 9.80. The summed E-state index contributed by atoms with van der Waals surface area (Å²) in [6.45, 7) is 14.1. The molecule has 0 radical (unpaired) electrons. The van der Waals surface area contributed by atoms with E-state index in [0.29, 0.717) is 38.8 Å². The lowest BCUT2D eigenvalue weighted by Crippen LogP contribution is -2.59. The zero-order chi connectivity index (χ0) is 34.1. The summed E-state index contributed by atoms with van der Waals surface area (Å²) in [5.74, 6) is -2.91. The van der Waals surface area contributed by atoms with Crippen LogP contribution in [0.25, 0.3) is 0 Å². The molecule has 10 heteroatoms. The fourth-order valence-corrected chi connectivity index (χ4v) is 7.70. The van der Waals surface area contributed by atoms with Gasteiger partial charge in [-0.1, -0.05) is 76.1 Å². The van der Waals surface area contributed by atoms with E-state index in [9.17, 15) is 24.3 Å². The second-order valence-corrected chi connectivity index (χ2v) is 13.5. The van der Waals surface area contributed by atoms with Crippen molar-refractivity contribution in [2.75, 3.05) is 26.3 Å². The first-order valence-electron chi connectivity index (χ1n) is 17.3. The average Bonchev–Trinajstić information content (AvgIpc) is 3.71. The van der Waals surface area contributed by atoms with Crippen molar-refractivity contribution in [3.8, 4) is 0 Å². The molecule has 3 saturated heterocycles. The number of aliphatic hydroxyl groups excluding tert-OH is 1. The van der Waals surface area contributed by atoms with E-state index in [4.69, 9.17) is 9.47 Å². The lowest BCUT2D eigenvalue weighted by molar-refractivity contribution is -0.151. The van der Waals surface area contributed by atoms with Crippen LogP contribution in [0.5, 0.6) is 0 Å². The number of nitrogens with zero attached hydrogens (tertiary/aromatic N) is 2. The molecule has 1 aromatic rings. The minimum atomic E-state index is -1.19. The number of aliphatic hydroxyl groups is 1. The molecule has 2 N–H and O–H groups in total. The Kier molecular flexibility index (Phi) is 12.8. The molecular weight excluding hydrogens is 598 g/mol. The molecule has 0 aromatic heterocycles. The first-order chi connectivity index (χ1) is 22.6. The van der Waals surface area contributed by atoms with Gasteiger partial charge in [-0.15, -0.1) is 13.2 Å². The summed E-state index contributed by atoms with van der Waals surface area (Å²) in [6.07, 6.45) is 7.72. The van der Waals surface area contributed by atoms with E-state index in [1.54, 1.807) is 22.0 Å². The Morgan fingerprint density at radius 3 is 2.57 bits per heavy atom. The van der Waals surface area contributed by atoms with Gasteiger partial charge >= 0.3 is 5.97 Å². The number of hydrogen-bond acceptors (Lipinski definition) is 7. The Bertz CT molecular complexity index is 1270. The maximum absolute atomic E-state index is 14.6. The van der Waals surface area contributed by atoms with E-state index in [1.165, 1.54) is 0 Å². The molecule has 0 saturated carbocycles. The van der Waals surface area contributed by atoms with Crippen molar-refractivity contribution < 1.29 is 33.8 Å². The summed E-state index contributed by atoms with van der Waals surface area (Å²) in [5.41, 5.74) is -0.428. The highest BCUT2D eigenvalue weighted by atomic mass is 16.5. The topological polar surface area (TPSA) is 125 Å². The van der Waals surface area contributed by atoms with Gasteiger partial charge in [0.2, 0.25) is 17.7 Å². The van der Waals surface area contributed by atoms with Crippen molar-refractivity contribution in [1.29, 1.82) is 0 Å². The molecule has 2 bridgehead atoms. The molecule has 258 valence electrons. The maximum atomic E-state index is 14.6. The fraction of sp³-hybridized carbons (Fsp3) is 0.622. The molecule has 7 atom stereocenters. The molecule has 1 spiro atoms. The van der Waals surface area contributed by atoms with E-state index < -0.39 is 47.6 Å². The number of benzene rings is 1. The lowest BCUT2D eigenvalue weighted by Gasteiger charge is -2.39. The van der Waals surface area contributed by atoms with Crippen LogP contribution < -0.4 is 5.32 Å². The molecule has 3 aliphatic heterocycles. The number of rotatable bonds is 19. The van der Waals surface area contributed by atoms with E-state index in [-0.39, 0.29) is 43.3 Å². The van der Waals surface area contributed by atoms with Gasteiger partial charge in [0.25, 0.3) is 0 Å². The number of carbonyl (C=O) groups is 4. The summed E-state index contributed by atoms with van der Waals surface area (Å²) < 4.78 is 12.2. The van der Waals surface area contributed by atoms with Crippen LogP contribution in [0.15, 0.2) is 55.6 Å². The van der Waals surface area contributed by atoms with Gasteiger partial charge in [0.1, 0.15) is 18.2 Å². The van der Waals surface area contributed by atoms with Crippen LogP contribution in [0.2, 0.25) is 0 Å². The zero-order valence-corrected chi connectivity index (χ0v) is 28.3. The van der Waals surface area contributed by atoms with Crippen molar-refractivity contribution in [1.82, 2.24) is 15.1 Å². The zero-order valence-electron chi connectivity index (χ0n) is 28.3. The highest BCUT2D eigenvalue weighted by Gasteiger charge is 2.75. The number of likely N-dealkylation sites (tertiary alicyclic amines) is 1. The third-order valence-electron chi connectivity index (χ3n) is 9.80. The molecule has 1 aromatic carbocycles. The Hall–Kier alpha value is -3.50. The Labute approximate surface area is 279 Å². The first-order valence-corrected chi connectivity index (χ1v) is 17.3. The van der Waals surface area contributed by atoms with Crippen molar-refractivity contribution >= 4 is 23.7 Å². The van der Waals surface area contributed by atoms with Gasteiger partial charge in [-0.3, -0.25) is 19.2 Å². The predicted octanol–water partition coefficient (Wildman–Crippen LogP) is 4.34. The number of fused-ring (bicyclic) bond motifs is 1. The van der Waals surface area contributed by atoms with E-state index >= 15 is 0 Å². The molecule has 0 unspecified atom stereocenters. The van der Waals surface area contributed by atoms with Gasteiger partial charge < -0.3 is 29.7 Å². The molecule has 3 amide bonds. The SMILES string of the molecule is C=CCCC(=O)OC[C@@H](NC(=O)[C@@H]1[C@H]2C(=O)N([C@@H](CO)CC(C)C)[C@H](C(=O)N(CC=C)CCCCC)[C@]23CC[C@H]1O3)c1ccccc1. The number of unbranched alkanes of at least 4 members (excludes halogenated alkanes) is 2. The smallest absolute Gasteiger partial charge is 0.306 e. The predicted molar refractivity (Wildman–Crippen MR) is 179 cm³/mol. The molecule has 3 fully saturated rings. The Morgan fingerprint density at radius 2 is 1.94 bits per heavy atom. The van der Waals surface area contributed by atoms with Crippen LogP contribution in [0.3, 0.4) is 0 Å². The summed E-state index contributed by atoms with van der Waals surface area (Å²) >= 11 is 0. The fourth-order valence-electron chi connectivity index (χ4n) is 7.70. The Morgan fingerprint density at radius 1 is 1.19 bits per heavy atom. The Balaban J connectivity index is 1.67. The van der Waals surface area contributed by atoms with Crippen LogP contribution in [0.4, 0.5) is 0 Å². The minimum absolute atomic E-state index is 0.0732. The van der Waals surface area contributed by atoms with Gasteiger partial charge in [-0.05, 0) is 43.6 Å². The van der Waals surface area contributed by atoms with Gasteiger partial charge in [0, 0.05) is 19.5 Å². The van der Waals surface area contributed by atoms with Gasteiger partial charge in [-0.25, -0.2) is 0 Å². The molecule has 47 heavy (non-hydrogen) atoms. The molecule has 4 rings (SSSR count). The summed E-state index contributed by atoms with van der Waals surface area (Å²) in [7, 11) is 0. The normalized spacial score (nSPS) is 25.7. The van der Waals surface area contributed by atoms with E-state index in [1.807, 2.05) is 44.2 Å². The number of nitrogens with one attached hydrogen (secondary N) is 1. The van der Waals surface area contributed by atoms with Crippen molar-refractivity contribution in [2.45, 2.75) is 102 Å². The summed E-state index contributed by atoms with van der Waals surface area (Å²) in [5, 5.41) is 13.6. The lowest BCUT2D eigenvalue weighted by atomic mass is 9.70.